The zero-order valence-corrected chi connectivity index (χ0v) is 17.7. The molecule has 0 amide bonds. The summed E-state index contributed by atoms with van der Waals surface area (Å²) in [4.78, 5) is 21.8. The maximum Gasteiger partial charge on any atom is 0.306 e. The summed E-state index contributed by atoms with van der Waals surface area (Å²) in [5.74, 6) is 1.92. The van der Waals surface area contributed by atoms with Crippen LogP contribution in [0, 0.1) is 13.8 Å². The quantitative estimate of drug-likeness (QED) is 0.497. The second-order valence-electron chi connectivity index (χ2n) is 7.73. The molecule has 3 aromatic heterocycles. The van der Waals surface area contributed by atoms with Crippen LogP contribution in [0.2, 0.25) is 0 Å². The maximum absolute atomic E-state index is 12.9. The van der Waals surface area contributed by atoms with Gasteiger partial charge in [-0.1, -0.05) is 0 Å². The molecule has 1 fully saturated rings. The first-order chi connectivity index (χ1) is 15.0. The summed E-state index contributed by atoms with van der Waals surface area (Å²) in [5, 5.41) is 4.88. The summed E-state index contributed by atoms with van der Waals surface area (Å²) < 4.78 is 20.4. The Bertz CT molecular complexity index is 1300. The molecule has 0 saturated carbocycles. The predicted octanol–water partition coefficient (Wildman–Crippen LogP) is 3.55. The fraction of sp³-hybridized carbons (Fsp3) is 0.364. The van der Waals surface area contributed by atoms with E-state index in [1.165, 1.54) is 4.57 Å². The summed E-state index contributed by atoms with van der Waals surface area (Å²) in [5.41, 5.74) is 2.05. The van der Waals surface area contributed by atoms with Crippen LogP contribution in [0.1, 0.15) is 30.5 Å². The first-order valence-corrected chi connectivity index (χ1v) is 10.3. The van der Waals surface area contributed by atoms with Gasteiger partial charge in [-0.3, -0.25) is 9.36 Å². The lowest BCUT2D eigenvalue weighted by Gasteiger charge is -2.22. The Morgan fingerprint density at radius 3 is 2.65 bits per heavy atom. The van der Waals surface area contributed by atoms with E-state index >= 15 is 0 Å². The monoisotopic (exact) mass is 421 g/mol. The molecule has 0 unspecified atom stereocenters. The van der Waals surface area contributed by atoms with Gasteiger partial charge in [0.2, 0.25) is 0 Å². The third-order valence-electron chi connectivity index (χ3n) is 5.50. The third kappa shape index (κ3) is 3.50. The number of ether oxygens (including phenoxy) is 2. The normalized spacial score (nSPS) is 16.7. The molecule has 1 aliphatic heterocycles. The summed E-state index contributed by atoms with van der Waals surface area (Å²) in [7, 11) is 1.64. The van der Waals surface area contributed by atoms with Gasteiger partial charge in [0.1, 0.15) is 11.1 Å². The van der Waals surface area contributed by atoms with E-state index in [0.717, 1.165) is 36.5 Å². The topological polar surface area (TPSA) is 97.2 Å². The molecule has 0 aliphatic carbocycles. The Hall–Kier alpha value is -3.46. The Balaban J connectivity index is 1.48. The van der Waals surface area contributed by atoms with Gasteiger partial charge in [0, 0.05) is 26.1 Å². The molecule has 1 atom stereocenters. The molecule has 0 radical (unpaired) electrons. The molecule has 0 spiro atoms. The highest BCUT2D eigenvalue weighted by atomic mass is 16.5. The summed E-state index contributed by atoms with van der Waals surface area (Å²) >= 11 is 0. The lowest BCUT2D eigenvalue weighted by Crippen LogP contribution is -2.24. The lowest BCUT2D eigenvalue weighted by atomic mass is 10.1. The van der Waals surface area contributed by atoms with E-state index in [4.69, 9.17) is 13.9 Å². The molecule has 160 valence electrons. The van der Waals surface area contributed by atoms with E-state index in [0.29, 0.717) is 29.3 Å². The van der Waals surface area contributed by atoms with Crippen molar-refractivity contribution in [2.24, 2.45) is 7.05 Å². The summed E-state index contributed by atoms with van der Waals surface area (Å²) in [6.45, 7) is 5.04. The van der Waals surface area contributed by atoms with Crippen LogP contribution in [0.4, 0.5) is 0 Å². The first kappa shape index (κ1) is 19.5. The molecular formula is C22H23N5O4. The number of rotatable bonds is 4. The van der Waals surface area contributed by atoms with E-state index in [9.17, 15) is 4.79 Å². The highest BCUT2D eigenvalue weighted by Gasteiger charge is 2.22. The van der Waals surface area contributed by atoms with Crippen molar-refractivity contribution in [2.45, 2.75) is 32.7 Å². The van der Waals surface area contributed by atoms with Crippen LogP contribution in [0.25, 0.3) is 22.4 Å². The minimum atomic E-state index is -0.202. The highest BCUT2D eigenvalue weighted by molar-refractivity contribution is 5.74. The smallest absolute Gasteiger partial charge is 0.306 e. The van der Waals surface area contributed by atoms with Crippen LogP contribution in [0.3, 0.4) is 0 Å². The highest BCUT2D eigenvalue weighted by Crippen LogP contribution is 2.28. The minimum Gasteiger partial charge on any atom is -0.441 e. The maximum atomic E-state index is 12.9. The number of fused-ring (bicyclic) bond motifs is 1. The molecule has 9 heteroatoms. The molecule has 0 bridgehead atoms. The number of aromatic nitrogens is 5. The predicted molar refractivity (Wildman–Crippen MR) is 113 cm³/mol. The second-order valence-corrected chi connectivity index (χ2v) is 7.73. The first-order valence-electron chi connectivity index (χ1n) is 10.3. The van der Waals surface area contributed by atoms with Gasteiger partial charge < -0.3 is 13.9 Å². The largest absolute Gasteiger partial charge is 0.441 e. The van der Waals surface area contributed by atoms with Crippen LogP contribution in [-0.2, 0) is 11.8 Å². The van der Waals surface area contributed by atoms with E-state index < -0.39 is 0 Å². The summed E-state index contributed by atoms with van der Waals surface area (Å²) in [6, 6.07) is 7.68. The molecule has 9 nitrogen and oxygen atoms in total. The molecule has 5 rings (SSSR count). The number of hydrogen-bond donors (Lipinski definition) is 0. The molecule has 31 heavy (non-hydrogen) atoms. The van der Waals surface area contributed by atoms with Crippen molar-refractivity contribution in [3.8, 4) is 23.1 Å². The van der Waals surface area contributed by atoms with E-state index in [-0.39, 0.29) is 17.6 Å². The van der Waals surface area contributed by atoms with E-state index in [2.05, 4.69) is 15.1 Å². The number of nitrogens with zero attached hydrogens (tertiary/aromatic N) is 5. The molecule has 0 N–H and O–H groups in total. The average molecular weight is 421 g/mol. The molecule has 4 heterocycles. The second kappa shape index (κ2) is 7.66. The van der Waals surface area contributed by atoms with Crippen molar-refractivity contribution >= 4 is 11.0 Å². The van der Waals surface area contributed by atoms with E-state index in [1.807, 2.05) is 38.1 Å². The van der Waals surface area contributed by atoms with Crippen LogP contribution in [0.15, 0.2) is 39.7 Å². The number of oxazole rings is 1. The Morgan fingerprint density at radius 1 is 1.16 bits per heavy atom. The Morgan fingerprint density at radius 2 is 1.97 bits per heavy atom. The van der Waals surface area contributed by atoms with Crippen molar-refractivity contribution in [3.05, 3.63) is 52.4 Å². The fourth-order valence-corrected chi connectivity index (χ4v) is 3.91. The number of benzene rings is 1. The van der Waals surface area contributed by atoms with Crippen LogP contribution in [-0.4, -0.2) is 37.5 Å². The zero-order valence-electron chi connectivity index (χ0n) is 17.7. The molecule has 1 aliphatic rings. The van der Waals surface area contributed by atoms with Gasteiger partial charge >= 0.3 is 6.01 Å². The van der Waals surface area contributed by atoms with Crippen molar-refractivity contribution in [2.75, 3.05) is 13.2 Å². The fourth-order valence-electron chi connectivity index (χ4n) is 3.91. The zero-order chi connectivity index (χ0) is 21.5. The van der Waals surface area contributed by atoms with E-state index in [1.54, 1.807) is 17.9 Å². The lowest BCUT2D eigenvalue weighted by molar-refractivity contribution is 0.0562. The molecular weight excluding hydrogens is 398 g/mol. The van der Waals surface area contributed by atoms with Crippen LogP contribution >= 0.6 is 0 Å². The van der Waals surface area contributed by atoms with Crippen molar-refractivity contribution in [1.82, 2.24) is 24.3 Å². The SMILES string of the molecule is Cc1nc(C)c(-c2ccc(Oc3nc4c(cnn4[C@@H]4CCCOC4)c(=O)n3C)cc2)o1. The van der Waals surface area contributed by atoms with Crippen molar-refractivity contribution in [1.29, 1.82) is 0 Å². The third-order valence-corrected chi connectivity index (χ3v) is 5.50. The van der Waals surface area contributed by atoms with Crippen LogP contribution in [0.5, 0.6) is 11.8 Å². The number of aryl methyl sites for hydroxylation is 2. The van der Waals surface area contributed by atoms with Gasteiger partial charge in [-0.15, -0.1) is 0 Å². The van der Waals surface area contributed by atoms with Gasteiger partial charge in [0.15, 0.2) is 17.3 Å². The van der Waals surface area contributed by atoms with Gasteiger partial charge in [0.25, 0.3) is 5.56 Å². The van der Waals surface area contributed by atoms with Crippen LogP contribution < -0.4 is 10.3 Å². The summed E-state index contributed by atoms with van der Waals surface area (Å²) in [6.07, 6.45) is 3.46. The molecule has 1 aromatic carbocycles. The Labute approximate surface area is 178 Å². The van der Waals surface area contributed by atoms with Gasteiger partial charge in [-0.05, 0) is 44.0 Å². The minimum absolute atomic E-state index is 0.0617. The number of hydrogen-bond acceptors (Lipinski definition) is 7. The van der Waals surface area contributed by atoms with Gasteiger partial charge in [-0.2, -0.15) is 10.1 Å². The molecule has 1 saturated heterocycles. The van der Waals surface area contributed by atoms with Crippen molar-refractivity contribution in [3.63, 3.8) is 0 Å². The average Bonchev–Trinajstić information content (AvgIpc) is 3.35. The Kier molecular flexibility index (Phi) is 4.82. The van der Waals surface area contributed by atoms with Crippen molar-refractivity contribution < 1.29 is 13.9 Å². The standard InChI is InChI=1S/C22H23N5O4/c1-13-19(30-14(2)24-13)15-6-8-17(9-7-15)31-22-25-20-18(21(28)26(22)3)11-23-27(20)16-5-4-10-29-12-16/h6-9,11,16H,4-5,10,12H2,1-3H3/t16-/m1/s1. The van der Waals surface area contributed by atoms with Gasteiger partial charge in [-0.25, -0.2) is 9.67 Å². The van der Waals surface area contributed by atoms with Gasteiger partial charge in [0.05, 0.1) is 24.5 Å². The molecule has 4 aromatic rings.